The van der Waals surface area contributed by atoms with Crippen molar-refractivity contribution in [2.75, 3.05) is 0 Å². The maximum Gasteiger partial charge on any atom is 0.417 e. The average molecular weight is 562 g/mol. The minimum atomic E-state index is -4.80. The number of benzene rings is 2. The zero-order chi connectivity index (χ0) is 29.5. The molecule has 3 heterocycles. The summed E-state index contributed by atoms with van der Waals surface area (Å²) < 4.78 is 42.0. The number of aliphatic imine (C=N–C) groups is 1. The molecule has 5 rings (SSSR count). The van der Waals surface area contributed by atoms with Gasteiger partial charge in [0.25, 0.3) is 11.8 Å². The molecule has 0 fully saturated rings. The normalized spacial score (nSPS) is 18.5. The lowest BCUT2D eigenvalue weighted by molar-refractivity contribution is -0.138. The summed E-state index contributed by atoms with van der Waals surface area (Å²) in [7, 11) is 0. The molecule has 210 valence electrons. The number of nitrogens with zero attached hydrogens (tertiary/aromatic N) is 6. The molecule has 41 heavy (non-hydrogen) atoms. The van der Waals surface area contributed by atoms with Gasteiger partial charge in [0.05, 0.1) is 29.9 Å². The molecule has 1 aromatic heterocycles. The molecule has 0 saturated heterocycles. The van der Waals surface area contributed by atoms with Gasteiger partial charge in [0, 0.05) is 18.3 Å². The van der Waals surface area contributed by atoms with Crippen LogP contribution in [0.2, 0.25) is 0 Å². The highest BCUT2D eigenvalue weighted by molar-refractivity contribution is 6.07. The molecule has 2 amide bonds. The number of nitrogens with two attached hydrogens (primary N) is 1. The molecular formula is C29H26F3N7O2. The van der Waals surface area contributed by atoms with Gasteiger partial charge in [-0.2, -0.15) is 18.4 Å². The van der Waals surface area contributed by atoms with Crippen molar-refractivity contribution in [1.82, 2.24) is 19.8 Å². The smallest absolute Gasteiger partial charge is 0.369 e. The number of aromatic nitrogens is 2. The molecule has 2 aliphatic heterocycles. The SMILES string of the molecule is CC(C)CC1(c2ccccc2)N=C(N)N(Cc2ccc(C(F)(F)F)c(C(=O)N3Cc4cnc(C#N)nc4C3)c2)C1=O. The number of hydrogen-bond acceptors (Lipinski definition) is 7. The van der Waals surface area contributed by atoms with Gasteiger partial charge in [0.15, 0.2) is 11.5 Å². The number of carbonyl (C=O) groups is 2. The van der Waals surface area contributed by atoms with Crippen LogP contribution in [0.1, 0.15) is 64.4 Å². The molecular weight excluding hydrogens is 535 g/mol. The van der Waals surface area contributed by atoms with E-state index in [9.17, 15) is 22.8 Å². The first-order valence-corrected chi connectivity index (χ1v) is 12.9. The first kappa shape index (κ1) is 27.8. The molecule has 1 unspecified atom stereocenters. The van der Waals surface area contributed by atoms with E-state index in [4.69, 9.17) is 11.0 Å². The Labute approximate surface area is 234 Å². The number of carbonyl (C=O) groups excluding carboxylic acids is 2. The maximum absolute atomic E-state index is 14.0. The average Bonchev–Trinajstić information content (AvgIpc) is 3.46. The predicted molar refractivity (Wildman–Crippen MR) is 142 cm³/mol. The van der Waals surface area contributed by atoms with Gasteiger partial charge in [-0.15, -0.1) is 0 Å². The van der Waals surface area contributed by atoms with Crippen LogP contribution in [-0.2, 0) is 36.1 Å². The quantitative estimate of drug-likeness (QED) is 0.482. The largest absolute Gasteiger partial charge is 0.417 e. The van der Waals surface area contributed by atoms with Crippen LogP contribution in [0.15, 0.2) is 59.7 Å². The van der Waals surface area contributed by atoms with Crippen molar-refractivity contribution >= 4 is 17.8 Å². The number of fused-ring (bicyclic) bond motifs is 1. The molecule has 3 aromatic rings. The lowest BCUT2D eigenvalue weighted by Crippen LogP contribution is -2.43. The summed E-state index contributed by atoms with van der Waals surface area (Å²) in [5.74, 6) is -1.29. The van der Waals surface area contributed by atoms with Gasteiger partial charge in [-0.1, -0.05) is 50.2 Å². The maximum atomic E-state index is 14.0. The van der Waals surface area contributed by atoms with E-state index >= 15 is 0 Å². The van der Waals surface area contributed by atoms with E-state index in [1.807, 2.05) is 26.0 Å². The van der Waals surface area contributed by atoms with Crippen LogP contribution in [0.3, 0.4) is 0 Å². The summed E-state index contributed by atoms with van der Waals surface area (Å²) in [6, 6.07) is 14.1. The van der Waals surface area contributed by atoms with Gasteiger partial charge < -0.3 is 10.6 Å². The molecule has 0 aliphatic carbocycles. The molecule has 1 atom stereocenters. The van der Waals surface area contributed by atoms with Crippen LogP contribution in [0.25, 0.3) is 0 Å². The zero-order valence-corrected chi connectivity index (χ0v) is 22.3. The van der Waals surface area contributed by atoms with Gasteiger partial charge in [0.2, 0.25) is 5.82 Å². The monoisotopic (exact) mass is 561 g/mol. The van der Waals surface area contributed by atoms with Crippen LogP contribution in [0.4, 0.5) is 13.2 Å². The van der Waals surface area contributed by atoms with Gasteiger partial charge in [-0.05, 0) is 35.6 Å². The highest BCUT2D eigenvalue weighted by atomic mass is 19.4. The van der Waals surface area contributed by atoms with E-state index in [2.05, 4.69) is 15.0 Å². The van der Waals surface area contributed by atoms with Crippen molar-refractivity contribution in [2.24, 2.45) is 16.6 Å². The van der Waals surface area contributed by atoms with E-state index in [-0.39, 0.29) is 48.8 Å². The number of halogens is 3. The third-order valence-electron chi connectivity index (χ3n) is 7.14. The Hall–Kier alpha value is -4.79. The second kappa shape index (κ2) is 10.3. The summed E-state index contributed by atoms with van der Waals surface area (Å²) in [6.45, 7) is 3.69. The summed E-state index contributed by atoms with van der Waals surface area (Å²) in [5, 5.41) is 9.05. The van der Waals surface area contributed by atoms with Gasteiger partial charge >= 0.3 is 6.18 Å². The summed E-state index contributed by atoms with van der Waals surface area (Å²) in [4.78, 5) is 42.3. The predicted octanol–water partition coefficient (Wildman–Crippen LogP) is 4.12. The van der Waals surface area contributed by atoms with Crippen molar-refractivity contribution in [3.8, 4) is 6.07 Å². The van der Waals surface area contributed by atoms with E-state index in [1.54, 1.807) is 24.3 Å². The molecule has 12 heteroatoms. The molecule has 0 radical (unpaired) electrons. The third-order valence-corrected chi connectivity index (χ3v) is 7.14. The highest BCUT2D eigenvalue weighted by Gasteiger charge is 2.49. The first-order chi connectivity index (χ1) is 19.4. The number of guanidine groups is 1. The Morgan fingerprint density at radius 2 is 1.90 bits per heavy atom. The van der Waals surface area contributed by atoms with E-state index in [1.165, 1.54) is 22.1 Å². The Bertz CT molecular complexity index is 1600. The van der Waals surface area contributed by atoms with Crippen LogP contribution in [0, 0.1) is 17.2 Å². The minimum Gasteiger partial charge on any atom is -0.369 e. The molecule has 2 N–H and O–H groups in total. The number of rotatable bonds is 6. The summed E-state index contributed by atoms with van der Waals surface area (Å²) >= 11 is 0. The van der Waals surface area contributed by atoms with Gasteiger partial charge in [0.1, 0.15) is 6.07 Å². The Morgan fingerprint density at radius 3 is 2.56 bits per heavy atom. The molecule has 0 saturated carbocycles. The number of amides is 2. The molecule has 9 nitrogen and oxygen atoms in total. The Balaban J connectivity index is 1.46. The van der Waals surface area contributed by atoms with Crippen LogP contribution < -0.4 is 5.73 Å². The van der Waals surface area contributed by atoms with Crippen molar-refractivity contribution < 1.29 is 22.8 Å². The fraction of sp³-hybridized carbons (Fsp3) is 0.310. The number of alkyl halides is 3. The van der Waals surface area contributed by atoms with Crippen LogP contribution in [0.5, 0.6) is 0 Å². The molecule has 0 bridgehead atoms. The first-order valence-electron chi connectivity index (χ1n) is 12.9. The second-order valence-electron chi connectivity index (χ2n) is 10.5. The lowest BCUT2D eigenvalue weighted by atomic mass is 9.82. The van der Waals surface area contributed by atoms with E-state index in [0.717, 1.165) is 12.1 Å². The van der Waals surface area contributed by atoms with Crippen molar-refractivity contribution in [3.63, 3.8) is 0 Å². The Morgan fingerprint density at radius 1 is 1.17 bits per heavy atom. The topological polar surface area (TPSA) is 129 Å². The minimum absolute atomic E-state index is 0.000411. The third kappa shape index (κ3) is 5.11. The number of nitriles is 1. The lowest BCUT2D eigenvalue weighted by Gasteiger charge is -2.28. The van der Waals surface area contributed by atoms with E-state index < -0.39 is 28.7 Å². The fourth-order valence-electron chi connectivity index (χ4n) is 5.35. The molecule has 2 aromatic carbocycles. The van der Waals surface area contributed by atoms with Crippen LogP contribution in [-0.4, -0.2) is 37.5 Å². The molecule has 2 aliphatic rings. The summed E-state index contributed by atoms with van der Waals surface area (Å²) in [6.07, 6.45) is -3.02. The standard InChI is InChI=1S/C29H26F3N7O2/c1-17(2)11-28(20-6-4-3-5-7-20)26(41)39(27(34)37-28)14-18-8-9-22(29(30,31)32)21(10-18)25(40)38-15-19-13-35-24(12-33)36-23(19)16-38/h3-10,13,17H,11,14-16H2,1-2H3,(H2,34,37). The highest BCUT2D eigenvalue weighted by Crippen LogP contribution is 2.40. The molecule has 0 spiro atoms. The number of hydrogen-bond donors (Lipinski definition) is 1. The fourth-order valence-corrected chi connectivity index (χ4v) is 5.35. The van der Waals surface area contributed by atoms with Crippen molar-refractivity contribution in [1.29, 1.82) is 5.26 Å². The van der Waals surface area contributed by atoms with E-state index in [0.29, 0.717) is 23.2 Å². The van der Waals surface area contributed by atoms with Gasteiger partial charge in [-0.3, -0.25) is 14.5 Å². The van der Waals surface area contributed by atoms with Gasteiger partial charge in [-0.25, -0.2) is 15.0 Å². The van der Waals surface area contributed by atoms with Crippen molar-refractivity contribution in [2.45, 2.75) is 51.6 Å². The summed E-state index contributed by atoms with van der Waals surface area (Å²) in [5.41, 5.74) is 5.24. The Kier molecular flexibility index (Phi) is 6.98. The van der Waals surface area contributed by atoms with Crippen molar-refractivity contribution in [3.05, 3.63) is 94.1 Å². The zero-order valence-electron chi connectivity index (χ0n) is 22.3. The second-order valence-corrected chi connectivity index (χ2v) is 10.5. The van der Waals surface area contributed by atoms with Crippen LogP contribution >= 0.6 is 0 Å².